The number of rotatable bonds is 4. The van der Waals surface area contributed by atoms with Gasteiger partial charge in [-0.25, -0.2) is 4.39 Å². The lowest BCUT2D eigenvalue weighted by Gasteiger charge is -2.28. The lowest BCUT2D eigenvalue weighted by molar-refractivity contribution is -0.125. The third kappa shape index (κ3) is 3.56. The molecule has 3 rings (SSSR count). The third-order valence-corrected chi connectivity index (χ3v) is 4.37. The van der Waals surface area contributed by atoms with E-state index < -0.39 is 0 Å². The zero-order valence-corrected chi connectivity index (χ0v) is 14.2. The summed E-state index contributed by atoms with van der Waals surface area (Å²) in [6.07, 6.45) is 0. The van der Waals surface area contributed by atoms with Crippen LogP contribution in [0.15, 0.2) is 46.9 Å². The number of amides is 2. The molecule has 0 saturated carbocycles. The number of carbonyl (C=O) groups excluding carboxylic acids is 2. The van der Waals surface area contributed by atoms with Crippen molar-refractivity contribution >= 4 is 33.4 Å². The number of anilines is 1. The molecule has 2 aromatic rings. The van der Waals surface area contributed by atoms with Crippen LogP contribution in [0.1, 0.15) is 5.56 Å². The number of hydrogen-bond donors (Lipinski definition) is 1. The first kappa shape index (κ1) is 16.4. The fourth-order valence-corrected chi connectivity index (χ4v) is 2.79. The number of fused-ring (bicyclic) bond motifs is 1. The number of benzene rings is 2. The Morgan fingerprint density at radius 3 is 2.92 bits per heavy atom. The molecule has 0 radical (unpaired) electrons. The van der Waals surface area contributed by atoms with Gasteiger partial charge in [0.05, 0.1) is 5.69 Å². The van der Waals surface area contributed by atoms with Crippen LogP contribution in [0.2, 0.25) is 0 Å². The monoisotopic (exact) mass is 392 g/mol. The molecule has 7 heteroatoms. The Hall–Kier alpha value is -2.41. The number of halogens is 2. The van der Waals surface area contributed by atoms with Crippen LogP contribution in [0.3, 0.4) is 0 Å². The van der Waals surface area contributed by atoms with Crippen molar-refractivity contribution in [1.82, 2.24) is 5.32 Å². The molecule has 0 atom stereocenters. The first-order chi connectivity index (χ1) is 11.5. The Kier molecular flexibility index (Phi) is 4.80. The van der Waals surface area contributed by atoms with Gasteiger partial charge in [0.15, 0.2) is 6.61 Å². The van der Waals surface area contributed by atoms with Crippen LogP contribution >= 0.6 is 15.9 Å². The molecule has 1 aliphatic heterocycles. The molecular formula is C17H14BrFN2O3. The van der Waals surface area contributed by atoms with E-state index in [2.05, 4.69) is 21.2 Å². The molecule has 0 bridgehead atoms. The zero-order valence-electron chi connectivity index (χ0n) is 12.6. The quantitative estimate of drug-likeness (QED) is 0.869. The van der Waals surface area contributed by atoms with E-state index in [0.29, 0.717) is 21.5 Å². The van der Waals surface area contributed by atoms with E-state index in [0.717, 1.165) is 0 Å². The molecule has 0 saturated heterocycles. The highest BCUT2D eigenvalue weighted by Gasteiger charge is 2.26. The molecule has 0 unspecified atom stereocenters. The highest BCUT2D eigenvalue weighted by molar-refractivity contribution is 9.10. The summed E-state index contributed by atoms with van der Waals surface area (Å²) < 4.78 is 19.3. The first-order valence-corrected chi connectivity index (χ1v) is 8.07. The van der Waals surface area contributed by atoms with Crippen molar-refractivity contribution in [2.75, 3.05) is 18.1 Å². The van der Waals surface area contributed by atoms with Crippen molar-refractivity contribution in [1.29, 1.82) is 0 Å². The number of nitrogens with one attached hydrogen (secondary N) is 1. The van der Waals surface area contributed by atoms with Gasteiger partial charge in [0.25, 0.3) is 5.91 Å². The van der Waals surface area contributed by atoms with E-state index in [4.69, 9.17) is 4.74 Å². The summed E-state index contributed by atoms with van der Waals surface area (Å²) in [5.74, 6) is -0.426. The van der Waals surface area contributed by atoms with Gasteiger partial charge in [-0.2, -0.15) is 0 Å². The van der Waals surface area contributed by atoms with Crippen LogP contribution in [0, 0.1) is 5.82 Å². The van der Waals surface area contributed by atoms with E-state index in [-0.39, 0.29) is 37.3 Å². The van der Waals surface area contributed by atoms with Gasteiger partial charge in [0.1, 0.15) is 18.1 Å². The van der Waals surface area contributed by atoms with Crippen LogP contribution in [0.5, 0.6) is 5.75 Å². The Morgan fingerprint density at radius 2 is 2.08 bits per heavy atom. The highest BCUT2D eigenvalue weighted by atomic mass is 79.9. The standard InChI is InChI=1S/C17H14BrFN2O3/c18-13-6-5-12(19)7-11(13)8-20-16(22)9-21-14-3-1-2-4-15(14)24-10-17(21)23/h1-7H,8-10H2,(H,20,22). The smallest absolute Gasteiger partial charge is 0.265 e. The third-order valence-electron chi connectivity index (χ3n) is 3.59. The van der Waals surface area contributed by atoms with Gasteiger partial charge in [-0.3, -0.25) is 14.5 Å². The highest BCUT2D eigenvalue weighted by Crippen LogP contribution is 2.31. The summed E-state index contributed by atoms with van der Waals surface area (Å²) in [7, 11) is 0. The largest absolute Gasteiger partial charge is 0.482 e. The van der Waals surface area contributed by atoms with Gasteiger partial charge < -0.3 is 10.1 Å². The second kappa shape index (κ2) is 7.00. The number of carbonyl (C=O) groups is 2. The molecule has 5 nitrogen and oxygen atoms in total. The molecular weight excluding hydrogens is 379 g/mol. The van der Waals surface area contributed by atoms with E-state index in [1.165, 1.54) is 17.0 Å². The number of para-hydroxylation sites is 2. The summed E-state index contributed by atoms with van der Waals surface area (Å²) in [5.41, 5.74) is 1.19. The Balaban J connectivity index is 1.67. The summed E-state index contributed by atoms with van der Waals surface area (Å²) >= 11 is 3.31. The molecule has 1 aliphatic rings. The van der Waals surface area contributed by atoms with E-state index in [9.17, 15) is 14.0 Å². The number of hydrogen-bond acceptors (Lipinski definition) is 3. The second-order valence-corrected chi connectivity index (χ2v) is 6.10. The van der Waals surface area contributed by atoms with Crippen molar-refractivity contribution < 1.29 is 18.7 Å². The second-order valence-electron chi connectivity index (χ2n) is 5.25. The van der Waals surface area contributed by atoms with E-state index >= 15 is 0 Å². The predicted octanol–water partition coefficient (Wildman–Crippen LogP) is 2.63. The van der Waals surface area contributed by atoms with Crippen LogP contribution in [0.25, 0.3) is 0 Å². The number of ether oxygens (including phenoxy) is 1. The summed E-state index contributed by atoms with van der Waals surface area (Å²) in [6, 6.07) is 11.3. The van der Waals surface area contributed by atoms with Crippen molar-refractivity contribution in [3.8, 4) is 5.75 Å². The topological polar surface area (TPSA) is 58.6 Å². The van der Waals surface area contributed by atoms with Gasteiger partial charge in [0.2, 0.25) is 5.91 Å². The van der Waals surface area contributed by atoms with E-state index in [1.54, 1.807) is 30.3 Å². The lowest BCUT2D eigenvalue weighted by Crippen LogP contribution is -2.45. The molecule has 1 heterocycles. The van der Waals surface area contributed by atoms with E-state index in [1.807, 2.05) is 0 Å². The minimum Gasteiger partial charge on any atom is -0.482 e. The lowest BCUT2D eigenvalue weighted by atomic mass is 10.2. The summed E-state index contributed by atoms with van der Waals surface area (Å²) in [4.78, 5) is 25.6. The van der Waals surface area contributed by atoms with Gasteiger partial charge in [-0.15, -0.1) is 0 Å². The summed E-state index contributed by atoms with van der Waals surface area (Å²) in [5, 5.41) is 2.70. The Morgan fingerprint density at radius 1 is 1.29 bits per heavy atom. The summed E-state index contributed by atoms with van der Waals surface area (Å²) in [6.45, 7) is -0.0523. The van der Waals surface area contributed by atoms with Gasteiger partial charge in [0, 0.05) is 11.0 Å². The molecule has 0 spiro atoms. The normalized spacial score (nSPS) is 13.2. The predicted molar refractivity (Wildman–Crippen MR) is 90.2 cm³/mol. The average molecular weight is 393 g/mol. The fraction of sp³-hybridized carbons (Fsp3) is 0.176. The maximum Gasteiger partial charge on any atom is 0.265 e. The molecule has 0 fully saturated rings. The molecule has 2 amide bonds. The van der Waals surface area contributed by atoms with Crippen molar-refractivity contribution in [2.24, 2.45) is 0 Å². The van der Waals surface area contributed by atoms with Gasteiger partial charge >= 0.3 is 0 Å². The molecule has 0 aromatic heterocycles. The maximum absolute atomic E-state index is 13.3. The zero-order chi connectivity index (χ0) is 17.1. The molecule has 1 N–H and O–H groups in total. The minimum atomic E-state index is -0.375. The molecule has 2 aromatic carbocycles. The Labute approximate surface area is 146 Å². The molecule has 124 valence electrons. The number of nitrogens with zero attached hydrogens (tertiary/aromatic N) is 1. The fourth-order valence-electron chi connectivity index (χ4n) is 2.40. The first-order valence-electron chi connectivity index (χ1n) is 7.27. The van der Waals surface area contributed by atoms with Gasteiger partial charge in [-0.05, 0) is 35.9 Å². The van der Waals surface area contributed by atoms with Gasteiger partial charge in [-0.1, -0.05) is 28.1 Å². The molecule has 0 aliphatic carbocycles. The van der Waals surface area contributed by atoms with Crippen molar-refractivity contribution in [2.45, 2.75) is 6.54 Å². The SMILES string of the molecule is O=C(CN1C(=O)COc2ccccc21)NCc1cc(F)ccc1Br. The minimum absolute atomic E-state index is 0.0975. The Bertz CT molecular complexity index is 797. The van der Waals surface area contributed by atoms with Crippen LogP contribution in [-0.4, -0.2) is 25.0 Å². The average Bonchev–Trinajstić information content (AvgIpc) is 2.58. The van der Waals surface area contributed by atoms with Crippen molar-refractivity contribution in [3.63, 3.8) is 0 Å². The van der Waals surface area contributed by atoms with Crippen LogP contribution in [-0.2, 0) is 16.1 Å². The maximum atomic E-state index is 13.3. The van der Waals surface area contributed by atoms with Crippen molar-refractivity contribution in [3.05, 3.63) is 58.3 Å². The van der Waals surface area contributed by atoms with Crippen LogP contribution < -0.4 is 15.0 Å². The van der Waals surface area contributed by atoms with Crippen LogP contribution in [0.4, 0.5) is 10.1 Å². The molecule has 24 heavy (non-hydrogen) atoms.